The Balaban J connectivity index is 1.87. The maximum Gasteiger partial charge on any atom is 0.240 e. The van der Waals surface area contributed by atoms with Crippen LogP contribution in [0.4, 0.5) is 5.69 Å². The molecule has 146 valence electrons. The second-order valence-corrected chi connectivity index (χ2v) is 8.88. The number of thioether (sulfide) groups is 1. The molecular weight excluding hydrogens is 384 g/mol. The molecule has 0 saturated carbocycles. The molecule has 2 rings (SSSR count). The highest BCUT2D eigenvalue weighted by Crippen LogP contribution is 2.29. The lowest BCUT2D eigenvalue weighted by atomic mass is 10.3. The van der Waals surface area contributed by atoms with Crippen LogP contribution in [0, 0.1) is 0 Å². The van der Waals surface area contributed by atoms with Gasteiger partial charge in [0.15, 0.2) is 0 Å². The van der Waals surface area contributed by atoms with Crippen molar-refractivity contribution < 1.29 is 17.9 Å². The van der Waals surface area contributed by atoms with Crippen LogP contribution >= 0.6 is 11.8 Å². The number of benzene rings is 2. The highest BCUT2D eigenvalue weighted by Gasteiger charge is 2.23. The first kappa shape index (κ1) is 21.1. The van der Waals surface area contributed by atoms with E-state index in [0.717, 1.165) is 22.7 Å². The molecule has 0 aliphatic rings. The molecule has 0 atom stereocenters. The van der Waals surface area contributed by atoms with Gasteiger partial charge in [-0.15, -0.1) is 11.8 Å². The van der Waals surface area contributed by atoms with Crippen molar-refractivity contribution in [3.63, 3.8) is 0 Å². The summed E-state index contributed by atoms with van der Waals surface area (Å²) in [6.45, 7) is 0.202. The van der Waals surface area contributed by atoms with E-state index in [2.05, 4.69) is 5.32 Å². The molecule has 2 aromatic carbocycles. The van der Waals surface area contributed by atoms with Crippen molar-refractivity contribution in [2.24, 2.45) is 0 Å². The molecule has 0 saturated heterocycles. The fourth-order valence-electron chi connectivity index (χ4n) is 2.41. The number of hydrogen-bond donors (Lipinski definition) is 1. The topological polar surface area (TPSA) is 75.7 Å². The van der Waals surface area contributed by atoms with E-state index in [1.54, 1.807) is 36.0 Å². The number of carbonyl (C=O) groups is 1. The van der Waals surface area contributed by atoms with Gasteiger partial charge in [0.25, 0.3) is 0 Å². The molecule has 6 nitrogen and oxygen atoms in total. The zero-order chi connectivity index (χ0) is 19.7. The van der Waals surface area contributed by atoms with E-state index in [0.29, 0.717) is 18.0 Å². The molecule has 0 bridgehead atoms. The van der Waals surface area contributed by atoms with E-state index in [4.69, 9.17) is 4.74 Å². The van der Waals surface area contributed by atoms with Gasteiger partial charge in [-0.3, -0.25) is 9.10 Å². The Kier molecular flexibility index (Phi) is 7.99. The molecule has 0 aromatic heterocycles. The van der Waals surface area contributed by atoms with Gasteiger partial charge >= 0.3 is 0 Å². The first-order chi connectivity index (χ1) is 12.9. The molecule has 8 heteroatoms. The van der Waals surface area contributed by atoms with Crippen LogP contribution in [0.3, 0.4) is 0 Å². The summed E-state index contributed by atoms with van der Waals surface area (Å²) in [5.41, 5.74) is 0.345. The maximum atomic E-state index is 12.2. The molecule has 0 heterocycles. The van der Waals surface area contributed by atoms with E-state index in [1.807, 2.05) is 30.3 Å². The molecule has 0 radical (unpaired) electrons. The van der Waals surface area contributed by atoms with E-state index in [9.17, 15) is 13.2 Å². The number of ether oxygens (including phenoxy) is 1. The number of methoxy groups -OCH3 is 1. The molecule has 1 N–H and O–H groups in total. The molecular formula is C19H24N2O4S2. The van der Waals surface area contributed by atoms with Crippen molar-refractivity contribution in [3.8, 4) is 5.75 Å². The Hall–Kier alpha value is -2.19. The minimum absolute atomic E-state index is 0.287. The second-order valence-electron chi connectivity index (χ2n) is 5.81. The predicted molar refractivity (Wildman–Crippen MR) is 110 cm³/mol. The van der Waals surface area contributed by atoms with Gasteiger partial charge in [0, 0.05) is 11.4 Å². The number of nitrogens with zero attached hydrogens (tertiary/aromatic N) is 1. The smallest absolute Gasteiger partial charge is 0.240 e. The number of anilines is 1. The van der Waals surface area contributed by atoms with Crippen molar-refractivity contribution in [1.82, 2.24) is 5.32 Å². The lowest BCUT2D eigenvalue weighted by Crippen LogP contribution is -2.40. The van der Waals surface area contributed by atoms with E-state index < -0.39 is 10.0 Å². The third-order valence-electron chi connectivity index (χ3n) is 3.70. The van der Waals surface area contributed by atoms with Crippen LogP contribution in [0.5, 0.6) is 5.75 Å². The monoisotopic (exact) mass is 408 g/mol. The van der Waals surface area contributed by atoms with E-state index in [1.165, 1.54) is 12.0 Å². The van der Waals surface area contributed by atoms with Crippen LogP contribution in [0.2, 0.25) is 0 Å². The Morgan fingerprint density at radius 1 is 1.11 bits per heavy atom. The standard InChI is InChI=1S/C19H24N2O4S2/c1-25-18-12-7-6-11-17(18)21(27(2,23)24)15-19(22)20-13-8-14-26-16-9-4-3-5-10-16/h3-7,9-12H,8,13-15H2,1-2H3,(H,20,22). The summed E-state index contributed by atoms with van der Waals surface area (Å²) in [5.74, 6) is 0.915. The Bertz CT molecular complexity index is 842. The van der Waals surface area contributed by atoms with Crippen molar-refractivity contribution in [2.75, 3.05) is 36.5 Å². The molecule has 2 aromatic rings. The fraction of sp³-hybridized carbons (Fsp3) is 0.316. The highest BCUT2D eigenvalue weighted by atomic mass is 32.2. The summed E-state index contributed by atoms with van der Waals surface area (Å²) in [6, 6.07) is 16.8. The largest absolute Gasteiger partial charge is 0.495 e. The number of sulfonamides is 1. The van der Waals surface area contributed by atoms with E-state index >= 15 is 0 Å². The third kappa shape index (κ3) is 6.80. The van der Waals surface area contributed by atoms with Gasteiger partial charge in [-0.25, -0.2) is 8.42 Å². The number of rotatable bonds is 10. The van der Waals surface area contributed by atoms with Crippen LogP contribution in [0.15, 0.2) is 59.5 Å². The summed E-state index contributed by atoms with van der Waals surface area (Å²) in [6.07, 6.45) is 1.86. The summed E-state index contributed by atoms with van der Waals surface area (Å²) in [5, 5.41) is 2.78. The van der Waals surface area contributed by atoms with Gasteiger partial charge in [0.2, 0.25) is 15.9 Å². The van der Waals surface area contributed by atoms with Gasteiger partial charge in [-0.2, -0.15) is 0 Å². The first-order valence-electron chi connectivity index (χ1n) is 8.47. The summed E-state index contributed by atoms with van der Waals surface area (Å²) < 4.78 is 30.6. The minimum atomic E-state index is -3.63. The number of nitrogens with one attached hydrogen (secondary N) is 1. The Labute approximate surface area is 165 Å². The molecule has 0 aliphatic carbocycles. The maximum absolute atomic E-state index is 12.2. The van der Waals surface area contributed by atoms with Crippen LogP contribution in [0.1, 0.15) is 6.42 Å². The fourth-order valence-corrected chi connectivity index (χ4v) is 4.14. The molecule has 0 unspecified atom stereocenters. The predicted octanol–water partition coefficient (Wildman–Crippen LogP) is 2.76. The zero-order valence-electron chi connectivity index (χ0n) is 15.4. The number of para-hydroxylation sites is 2. The lowest BCUT2D eigenvalue weighted by molar-refractivity contribution is -0.119. The zero-order valence-corrected chi connectivity index (χ0v) is 17.1. The van der Waals surface area contributed by atoms with Crippen molar-refractivity contribution in [2.45, 2.75) is 11.3 Å². The first-order valence-corrected chi connectivity index (χ1v) is 11.3. The Morgan fingerprint density at radius 2 is 1.78 bits per heavy atom. The van der Waals surface area contributed by atoms with Gasteiger partial charge < -0.3 is 10.1 Å². The number of hydrogen-bond acceptors (Lipinski definition) is 5. The van der Waals surface area contributed by atoms with Crippen molar-refractivity contribution in [3.05, 3.63) is 54.6 Å². The lowest BCUT2D eigenvalue weighted by Gasteiger charge is -2.23. The number of amides is 1. The highest BCUT2D eigenvalue weighted by molar-refractivity contribution is 7.99. The summed E-state index contributed by atoms with van der Waals surface area (Å²) in [7, 11) is -2.17. The molecule has 1 amide bonds. The molecule has 27 heavy (non-hydrogen) atoms. The summed E-state index contributed by atoms with van der Waals surface area (Å²) in [4.78, 5) is 13.4. The SMILES string of the molecule is COc1ccccc1N(CC(=O)NCCCSc1ccccc1)S(C)(=O)=O. The normalized spacial score (nSPS) is 11.0. The third-order valence-corrected chi connectivity index (χ3v) is 5.92. The van der Waals surface area contributed by atoms with Crippen molar-refractivity contribution >= 4 is 33.4 Å². The quantitative estimate of drug-likeness (QED) is 0.483. The van der Waals surface area contributed by atoms with Crippen LogP contribution in [-0.4, -0.2) is 46.5 Å². The van der Waals surface area contributed by atoms with Gasteiger partial charge in [0.1, 0.15) is 12.3 Å². The van der Waals surface area contributed by atoms with Crippen molar-refractivity contribution in [1.29, 1.82) is 0 Å². The van der Waals surface area contributed by atoms with Crippen LogP contribution < -0.4 is 14.4 Å². The second kappa shape index (κ2) is 10.2. The van der Waals surface area contributed by atoms with Crippen LogP contribution in [0.25, 0.3) is 0 Å². The van der Waals surface area contributed by atoms with Crippen LogP contribution in [-0.2, 0) is 14.8 Å². The van der Waals surface area contributed by atoms with Gasteiger partial charge in [0.05, 0.1) is 19.1 Å². The minimum Gasteiger partial charge on any atom is -0.495 e. The molecule has 0 spiro atoms. The summed E-state index contributed by atoms with van der Waals surface area (Å²) >= 11 is 1.72. The molecule has 0 aliphatic heterocycles. The van der Waals surface area contributed by atoms with Gasteiger partial charge in [-0.05, 0) is 36.4 Å². The Morgan fingerprint density at radius 3 is 2.44 bits per heavy atom. The molecule has 0 fully saturated rings. The average molecular weight is 409 g/mol. The van der Waals surface area contributed by atoms with Gasteiger partial charge in [-0.1, -0.05) is 30.3 Å². The average Bonchev–Trinajstić information content (AvgIpc) is 2.66. The number of carbonyl (C=O) groups excluding carboxylic acids is 1. The van der Waals surface area contributed by atoms with E-state index in [-0.39, 0.29) is 12.5 Å².